The van der Waals surface area contributed by atoms with Crippen LogP contribution in [0.1, 0.15) is 10.4 Å². The number of nitrogens with zero attached hydrogens (tertiary/aromatic N) is 2. The molecule has 0 aliphatic carbocycles. The predicted molar refractivity (Wildman–Crippen MR) is 78.0 cm³/mol. The Hall–Kier alpha value is -0.980. The van der Waals surface area contributed by atoms with Gasteiger partial charge in [-0.1, -0.05) is 11.8 Å². The quantitative estimate of drug-likeness (QED) is 0.306. The Bertz CT molecular complexity index is 933. The van der Waals surface area contributed by atoms with Crippen LogP contribution in [0.5, 0.6) is 11.5 Å². The standard InChI is InChI=1S/C14H12N2O7S.2Na/c1-23-12-5-3-9(7-13(12)24(20,21)22)16-15-8-2-4-11(17)10(6-8)14(18)19;;/h2-7,17H,1H3,(H,18,19)(H,20,21,22);;/q;2*+1/p-2. The molecule has 9 nitrogen and oxygen atoms in total. The molecule has 126 valence electrons. The second-order valence-electron chi connectivity index (χ2n) is 4.47. The van der Waals surface area contributed by atoms with Crippen LogP contribution >= 0.6 is 0 Å². The minimum Gasteiger partial charge on any atom is -0.872 e. The summed E-state index contributed by atoms with van der Waals surface area (Å²) in [5, 5.41) is 27.7. The molecule has 0 saturated heterocycles. The summed E-state index contributed by atoms with van der Waals surface area (Å²) in [6, 6.07) is 6.89. The third-order valence-corrected chi connectivity index (χ3v) is 3.75. The maximum absolute atomic E-state index is 11.3. The maximum atomic E-state index is 11.3. The summed E-state index contributed by atoms with van der Waals surface area (Å²) >= 11 is 0. The molecule has 2 aromatic rings. The van der Waals surface area contributed by atoms with Crippen molar-refractivity contribution in [2.45, 2.75) is 4.90 Å². The third kappa shape index (κ3) is 6.32. The largest absolute Gasteiger partial charge is 1.00 e. The maximum Gasteiger partial charge on any atom is 1.00 e. The van der Waals surface area contributed by atoms with E-state index in [2.05, 4.69) is 10.2 Å². The van der Waals surface area contributed by atoms with Gasteiger partial charge in [-0.15, -0.1) is 0 Å². The SMILES string of the molecule is COc1ccc(N=Nc2ccc([O-])c(C(=O)O)c2)cc1S(=O)(=O)[O-].[Na+].[Na+]. The van der Waals surface area contributed by atoms with Crippen molar-refractivity contribution in [2.24, 2.45) is 10.2 Å². The summed E-state index contributed by atoms with van der Waals surface area (Å²) in [6.07, 6.45) is 0. The van der Waals surface area contributed by atoms with Crippen molar-refractivity contribution in [1.29, 1.82) is 0 Å². The Balaban J connectivity index is 0.00000312. The number of aromatic carboxylic acids is 1. The molecule has 0 saturated carbocycles. The van der Waals surface area contributed by atoms with E-state index >= 15 is 0 Å². The van der Waals surface area contributed by atoms with Gasteiger partial charge in [-0.2, -0.15) is 10.2 Å². The van der Waals surface area contributed by atoms with Crippen LogP contribution in [0.3, 0.4) is 0 Å². The van der Waals surface area contributed by atoms with Crippen molar-refractivity contribution in [2.75, 3.05) is 7.11 Å². The predicted octanol–water partition coefficient (Wildman–Crippen LogP) is -4.21. The second-order valence-corrected chi connectivity index (χ2v) is 5.82. The van der Waals surface area contributed by atoms with Gasteiger partial charge in [0.05, 0.1) is 28.9 Å². The van der Waals surface area contributed by atoms with E-state index in [9.17, 15) is 22.9 Å². The first-order valence-electron chi connectivity index (χ1n) is 6.32. The number of methoxy groups -OCH3 is 1. The average Bonchev–Trinajstić information content (AvgIpc) is 2.52. The molecule has 0 radical (unpaired) electrons. The molecule has 26 heavy (non-hydrogen) atoms. The molecular weight excluding hydrogens is 386 g/mol. The van der Waals surface area contributed by atoms with Gasteiger partial charge in [0.2, 0.25) is 0 Å². The summed E-state index contributed by atoms with van der Waals surface area (Å²) in [7, 11) is -3.56. The minimum atomic E-state index is -4.77. The molecule has 1 N–H and O–H groups in total. The number of carboxylic acid groups (broad SMARTS) is 1. The second kappa shape index (κ2) is 10.4. The number of carboxylic acids is 1. The van der Waals surface area contributed by atoms with Crippen molar-refractivity contribution < 1.29 is 91.8 Å². The monoisotopic (exact) mass is 396 g/mol. The summed E-state index contributed by atoms with van der Waals surface area (Å²) < 4.78 is 38.4. The van der Waals surface area contributed by atoms with Crippen molar-refractivity contribution >= 4 is 27.5 Å². The molecule has 0 aliphatic rings. The molecule has 2 aromatic carbocycles. The number of ether oxygens (including phenoxy) is 1. The first-order valence-corrected chi connectivity index (χ1v) is 7.73. The van der Waals surface area contributed by atoms with E-state index in [1.165, 1.54) is 25.3 Å². The zero-order valence-corrected chi connectivity index (χ0v) is 19.0. The molecule has 0 spiro atoms. The fourth-order valence-corrected chi connectivity index (χ4v) is 2.45. The summed E-state index contributed by atoms with van der Waals surface area (Å²) in [5.74, 6) is -2.21. The molecule has 0 aliphatic heterocycles. The molecule has 0 aromatic heterocycles. The Morgan fingerprint density at radius 3 is 2.12 bits per heavy atom. The van der Waals surface area contributed by atoms with E-state index < -0.39 is 32.3 Å². The van der Waals surface area contributed by atoms with E-state index in [0.717, 1.165) is 18.2 Å². The Kier molecular flexibility index (Phi) is 9.99. The van der Waals surface area contributed by atoms with Crippen LogP contribution in [0.15, 0.2) is 51.5 Å². The van der Waals surface area contributed by atoms with E-state index in [0.29, 0.717) is 0 Å². The van der Waals surface area contributed by atoms with Crippen molar-refractivity contribution in [3.05, 3.63) is 42.0 Å². The van der Waals surface area contributed by atoms with E-state index in [1.807, 2.05) is 0 Å². The molecule has 12 heteroatoms. The van der Waals surface area contributed by atoms with Gasteiger partial charge in [0.25, 0.3) is 0 Å². The van der Waals surface area contributed by atoms with E-state index in [-0.39, 0.29) is 76.2 Å². The number of benzene rings is 2. The number of azo groups is 1. The molecule has 0 fully saturated rings. The van der Waals surface area contributed by atoms with Gasteiger partial charge in [-0.25, -0.2) is 13.2 Å². The molecule has 0 bridgehead atoms. The van der Waals surface area contributed by atoms with Crippen LogP contribution in [0.4, 0.5) is 11.4 Å². The van der Waals surface area contributed by atoms with Crippen LogP contribution in [0, 0.1) is 0 Å². The Labute approximate surface area is 193 Å². The van der Waals surface area contributed by atoms with Crippen LogP contribution in [-0.2, 0) is 10.1 Å². The van der Waals surface area contributed by atoms with Gasteiger partial charge in [0, 0.05) is 0 Å². The van der Waals surface area contributed by atoms with Gasteiger partial charge < -0.3 is 19.5 Å². The number of carbonyl (C=O) groups is 1. The molecule has 0 unspecified atom stereocenters. The van der Waals surface area contributed by atoms with Gasteiger partial charge in [-0.3, -0.25) is 0 Å². The Morgan fingerprint density at radius 1 is 1.08 bits per heavy atom. The molecule has 2 rings (SSSR count). The fourth-order valence-electron chi connectivity index (χ4n) is 1.79. The normalized spacial score (nSPS) is 10.7. The van der Waals surface area contributed by atoms with E-state index in [1.54, 1.807) is 0 Å². The smallest absolute Gasteiger partial charge is 0.872 e. The van der Waals surface area contributed by atoms with Gasteiger partial charge >= 0.3 is 65.1 Å². The number of rotatable bonds is 5. The first kappa shape index (κ1) is 25.0. The molecule has 0 atom stereocenters. The third-order valence-electron chi connectivity index (χ3n) is 2.89. The summed E-state index contributed by atoms with van der Waals surface area (Å²) in [5.41, 5.74) is -0.355. The number of hydrogen-bond acceptors (Lipinski definition) is 8. The average molecular weight is 396 g/mol. The van der Waals surface area contributed by atoms with Crippen molar-refractivity contribution in [3.8, 4) is 11.5 Å². The zero-order chi connectivity index (χ0) is 17.9. The summed E-state index contributed by atoms with van der Waals surface area (Å²) in [6.45, 7) is 0. The van der Waals surface area contributed by atoms with Crippen molar-refractivity contribution in [1.82, 2.24) is 0 Å². The van der Waals surface area contributed by atoms with E-state index in [4.69, 9.17) is 9.84 Å². The van der Waals surface area contributed by atoms with Crippen LogP contribution < -0.4 is 69.0 Å². The molecular formula is C14H10N2Na2O7S. The van der Waals surface area contributed by atoms with Gasteiger partial charge in [0.15, 0.2) is 0 Å². The summed E-state index contributed by atoms with van der Waals surface area (Å²) in [4.78, 5) is 10.3. The van der Waals surface area contributed by atoms with Gasteiger partial charge in [0.1, 0.15) is 15.9 Å². The molecule has 0 heterocycles. The number of hydrogen-bond donors (Lipinski definition) is 1. The topological polar surface area (TPSA) is 152 Å². The Morgan fingerprint density at radius 2 is 1.62 bits per heavy atom. The molecule has 0 amide bonds. The minimum absolute atomic E-state index is 0. The van der Waals surface area contributed by atoms with Crippen LogP contribution in [0.2, 0.25) is 0 Å². The van der Waals surface area contributed by atoms with Crippen molar-refractivity contribution in [3.63, 3.8) is 0 Å². The van der Waals surface area contributed by atoms with Gasteiger partial charge in [-0.05, 0) is 30.3 Å². The zero-order valence-electron chi connectivity index (χ0n) is 14.2. The fraction of sp³-hybridized carbons (Fsp3) is 0.0714. The van der Waals surface area contributed by atoms with Crippen LogP contribution in [-0.4, -0.2) is 31.2 Å². The van der Waals surface area contributed by atoms with Crippen LogP contribution in [0.25, 0.3) is 0 Å². The first-order chi connectivity index (χ1) is 11.2.